The molecule has 2 heterocycles. The number of nitrogens with zero attached hydrogens (tertiary/aromatic N) is 3. The van der Waals surface area contributed by atoms with E-state index in [1.54, 1.807) is 12.1 Å². The zero-order valence-electron chi connectivity index (χ0n) is 16.6. The highest BCUT2D eigenvalue weighted by Gasteiger charge is 2.21. The lowest BCUT2D eigenvalue weighted by Gasteiger charge is -2.32. The third-order valence-corrected chi connectivity index (χ3v) is 5.54. The molecule has 146 valence electrons. The van der Waals surface area contributed by atoms with Crippen molar-refractivity contribution in [3.05, 3.63) is 65.1 Å². The fourth-order valence-corrected chi connectivity index (χ4v) is 3.92. The molecule has 0 radical (unpaired) electrons. The Kier molecular flexibility index (Phi) is 5.53. The van der Waals surface area contributed by atoms with Gasteiger partial charge in [0.05, 0.1) is 11.2 Å². The van der Waals surface area contributed by atoms with Crippen molar-refractivity contribution in [2.45, 2.75) is 39.2 Å². The summed E-state index contributed by atoms with van der Waals surface area (Å²) >= 11 is 0. The van der Waals surface area contributed by atoms with Crippen LogP contribution in [0.3, 0.4) is 0 Å². The largest absolute Gasteiger partial charge is 0.341 e. The maximum absolute atomic E-state index is 13.3. The van der Waals surface area contributed by atoms with Gasteiger partial charge >= 0.3 is 0 Å². The lowest BCUT2D eigenvalue weighted by molar-refractivity contribution is 0.415. The van der Waals surface area contributed by atoms with E-state index in [4.69, 9.17) is 9.97 Å². The van der Waals surface area contributed by atoms with Gasteiger partial charge in [-0.1, -0.05) is 23.8 Å². The van der Waals surface area contributed by atoms with E-state index in [-0.39, 0.29) is 5.82 Å². The summed E-state index contributed by atoms with van der Waals surface area (Å²) in [5, 5.41) is 4.76. The molecule has 1 aromatic heterocycles. The number of anilines is 1. The molecule has 0 amide bonds. The molecule has 1 aliphatic heterocycles. The highest BCUT2D eigenvalue weighted by Crippen LogP contribution is 2.22. The Hall–Kier alpha value is -2.53. The molecule has 4 nitrogen and oxygen atoms in total. The van der Waals surface area contributed by atoms with Crippen molar-refractivity contribution < 1.29 is 4.39 Å². The van der Waals surface area contributed by atoms with Crippen molar-refractivity contribution in [1.82, 2.24) is 15.3 Å². The van der Waals surface area contributed by atoms with Gasteiger partial charge in [-0.3, -0.25) is 0 Å². The van der Waals surface area contributed by atoms with E-state index in [1.165, 1.54) is 11.6 Å². The molecule has 0 unspecified atom stereocenters. The molecule has 28 heavy (non-hydrogen) atoms. The molecule has 0 aliphatic carbocycles. The predicted octanol–water partition coefficient (Wildman–Crippen LogP) is 4.19. The first kappa shape index (κ1) is 18.8. The molecule has 1 N–H and O–H groups in total. The monoisotopic (exact) mass is 378 g/mol. The first-order valence-corrected chi connectivity index (χ1v) is 10.1. The lowest BCUT2D eigenvalue weighted by atomic mass is 10.0. The van der Waals surface area contributed by atoms with Crippen LogP contribution in [0.15, 0.2) is 42.5 Å². The number of halogens is 1. The second kappa shape index (κ2) is 8.23. The number of nitrogens with one attached hydrogen (secondary N) is 1. The zero-order chi connectivity index (χ0) is 19.5. The van der Waals surface area contributed by atoms with Crippen molar-refractivity contribution in [2.75, 3.05) is 24.5 Å². The van der Waals surface area contributed by atoms with Crippen LogP contribution >= 0.6 is 0 Å². The quantitative estimate of drug-likeness (QED) is 0.723. The van der Waals surface area contributed by atoms with Crippen molar-refractivity contribution >= 4 is 16.9 Å². The van der Waals surface area contributed by atoms with E-state index in [1.807, 2.05) is 6.07 Å². The minimum absolute atomic E-state index is 0.161. The molecule has 4 rings (SSSR count). The molecule has 1 fully saturated rings. The van der Waals surface area contributed by atoms with Crippen LogP contribution in [0.1, 0.15) is 29.7 Å². The molecular weight excluding hydrogens is 351 g/mol. The van der Waals surface area contributed by atoms with E-state index < -0.39 is 0 Å². The van der Waals surface area contributed by atoms with Crippen LogP contribution in [0.2, 0.25) is 0 Å². The summed E-state index contributed by atoms with van der Waals surface area (Å²) in [5.74, 6) is 0.679. The molecule has 0 atom stereocenters. The third-order valence-electron chi connectivity index (χ3n) is 5.54. The molecule has 0 spiro atoms. The van der Waals surface area contributed by atoms with E-state index >= 15 is 0 Å². The van der Waals surface area contributed by atoms with Crippen LogP contribution in [0.4, 0.5) is 10.3 Å². The summed E-state index contributed by atoms with van der Waals surface area (Å²) in [6.45, 7) is 6.94. The molecule has 1 aliphatic rings. The summed E-state index contributed by atoms with van der Waals surface area (Å²) in [4.78, 5) is 11.8. The molecule has 0 bridgehead atoms. The van der Waals surface area contributed by atoms with Crippen LogP contribution in [0.5, 0.6) is 0 Å². The van der Waals surface area contributed by atoms with Gasteiger partial charge in [0.1, 0.15) is 5.82 Å². The number of piperidine rings is 1. The van der Waals surface area contributed by atoms with Crippen molar-refractivity contribution in [3.63, 3.8) is 0 Å². The molecule has 0 saturated carbocycles. The first-order valence-electron chi connectivity index (χ1n) is 10.1. The fourth-order valence-electron chi connectivity index (χ4n) is 3.92. The Labute approximate surface area is 165 Å². The summed E-state index contributed by atoms with van der Waals surface area (Å²) in [7, 11) is 0. The predicted molar refractivity (Wildman–Crippen MR) is 112 cm³/mol. The number of aryl methyl sites for hydroxylation is 2. The van der Waals surface area contributed by atoms with Gasteiger partial charge in [0.25, 0.3) is 0 Å². The number of fused-ring (bicyclic) bond motifs is 1. The van der Waals surface area contributed by atoms with Gasteiger partial charge in [-0.15, -0.1) is 0 Å². The number of hydrogen-bond donors (Lipinski definition) is 1. The minimum Gasteiger partial charge on any atom is -0.341 e. The number of hydrogen-bond acceptors (Lipinski definition) is 4. The van der Waals surface area contributed by atoms with Gasteiger partial charge in [-0.25, -0.2) is 14.4 Å². The molecule has 5 heteroatoms. The maximum Gasteiger partial charge on any atom is 0.226 e. The maximum atomic E-state index is 13.3. The summed E-state index contributed by atoms with van der Waals surface area (Å²) in [5.41, 5.74) is 4.33. The average molecular weight is 378 g/mol. The lowest BCUT2D eigenvalue weighted by Crippen LogP contribution is -2.43. The zero-order valence-corrected chi connectivity index (χ0v) is 16.6. The topological polar surface area (TPSA) is 41.1 Å². The van der Waals surface area contributed by atoms with E-state index in [2.05, 4.69) is 42.3 Å². The van der Waals surface area contributed by atoms with E-state index in [0.29, 0.717) is 6.04 Å². The second-order valence-electron chi connectivity index (χ2n) is 7.72. The van der Waals surface area contributed by atoms with Crippen molar-refractivity contribution in [3.8, 4) is 0 Å². The summed E-state index contributed by atoms with van der Waals surface area (Å²) in [6, 6.07) is 13.7. The van der Waals surface area contributed by atoms with Gasteiger partial charge in [-0.05, 0) is 69.5 Å². The van der Waals surface area contributed by atoms with Crippen LogP contribution in [-0.4, -0.2) is 35.6 Å². The average Bonchev–Trinajstić information content (AvgIpc) is 2.69. The normalized spacial score (nSPS) is 15.3. The molecule has 2 aromatic carbocycles. The van der Waals surface area contributed by atoms with Crippen LogP contribution in [0.25, 0.3) is 10.9 Å². The number of aromatic nitrogens is 2. The number of benzene rings is 2. The summed E-state index contributed by atoms with van der Waals surface area (Å²) < 4.78 is 13.3. The van der Waals surface area contributed by atoms with E-state index in [0.717, 1.165) is 67.0 Å². The Bertz CT molecular complexity index is 964. The van der Waals surface area contributed by atoms with Gasteiger partial charge in [0, 0.05) is 24.5 Å². The van der Waals surface area contributed by atoms with Crippen molar-refractivity contribution in [1.29, 1.82) is 0 Å². The molecule has 1 saturated heterocycles. The first-order chi connectivity index (χ1) is 13.6. The second-order valence-corrected chi connectivity index (χ2v) is 7.72. The SMILES string of the molecule is Cc1ccc2nc(N3CCC(NCCc4cccc(F)c4)CC3)nc(C)c2c1. The van der Waals surface area contributed by atoms with Gasteiger partial charge in [0.2, 0.25) is 5.95 Å². The Morgan fingerprint density at radius 3 is 2.68 bits per heavy atom. The van der Waals surface area contributed by atoms with Crippen LogP contribution in [-0.2, 0) is 6.42 Å². The third kappa shape index (κ3) is 4.30. The number of rotatable bonds is 5. The molecular formula is C23H27FN4. The fraction of sp³-hybridized carbons (Fsp3) is 0.391. The van der Waals surface area contributed by atoms with Crippen LogP contribution < -0.4 is 10.2 Å². The Morgan fingerprint density at radius 1 is 1.07 bits per heavy atom. The Morgan fingerprint density at radius 2 is 1.89 bits per heavy atom. The minimum atomic E-state index is -0.161. The van der Waals surface area contributed by atoms with Gasteiger partial charge in [-0.2, -0.15) is 0 Å². The van der Waals surface area contributed by atoms with E-state index in [9.17, 15) is 4.39 Å². The summed E-state index contributed by atoms with van der Waals surface area (Å²) in [6.07, 6.45) is 2.99. The highest BCUT2D eigenvalue weighted by molar-refractivity contribution is 5.82. The van der Waals surface area contributed by atoms with Crippen molar-refractivity contribution in [2.24, 2.45) is 0 Å². The molecule has 3 aromatic rings. The van der Waals surface area contributed by atoms with Gasteiger partial charge in [0.15, 0.2) is 0 Å². The van der Waals surface area contributed by atoms with Gasteiger partial charge < -0.3 is 10.2 Å². The Balaban J connectivity index is 1.32. The highest BCUT2D eigenvalue weighted by atomic mass is 19.1. The standard InChI is InChI=1S/C23H27FN4/c1-16-6-7-22-21(14-16)17(2)26-23(27-22)28-12-9-20(10-13-28)25-11-8-18-4-3-5-19(24)15-18/h3-7,14-15,20,25H,8-13H2,1-2H3. The smallest absolute Gasteiger partial charge is 0.226 e. The van der Waals surface area contributed by atoms with Crippen LogP contribution in [0, 0.1) is 19.7 Å².